The van der Waals surface area contributed by atoms with Crippen LogP contribution < -0.4 is 0 Å². The molecule has 0 spiro atoms. The molecule has 0 N–H and O–H groups in total. The third kappa shape index (κ3) is 3.09. The number of nitrogens with zero attached hydrogens (tertiary/aromatic N) is 4. The maximum Gasteiger partial charge on any atom is 0.0894 e. The third-order valence-electron chi connectivity index (χ3n) is 10.9. The Balaban J connectivity index is 1.10. The van der Waals surface area contributed by atoms with Crippen LogP contribution in [0.3, 0.4) is 0 Å². The molecule has 4 bridgehead atoms. The molecule has 4 nitrogen and oxygen atoms in total. The molecule has 10 rings (SSSR count). The highest BCUT2D eigenvalue weighted by Crippen LogP contribution is 2.62. The van der Waals surface area contributed by atoms with Crippen LogP contribution in [0.5, 0.6) is 0 Å². The summed E-state index contributed by atoms with van der Waals surface area (Å²) < 4.78 is 0. The lowest BCUT2D eigenvalue weighted by atomic mass is 9.48. The Morgan fingerprint density at radius 3 is 1.24 bits per heavy atom. The zero-order valence-corrected chi connectivity index (χ0v) is 22.7. The van der Waals surface area contributed by atoms with Crippen LogP contribution in [-0.4, -0.2) is 19.9 Å². The van der Waals surface area contributed by atoms with E-state index in [1.165, 1.54) is 35.4 Å². The first kappa shape index (κ1) is 22.6. The van der Waals surface area contributed by atoms with Crippen LogP contribution in [-0.2, 0) is 12.8 Å². The van der Waals surface area contributed by atoms with Crippen molar-refractivity contribution in [2.75, 3.05) is 0 Å². The van der Waals surface area contributed by atoms with Gasteiger partial charge in [0.2, 0.25) is 0 Å². The Labute approximate surface area is 225 Å². The summed E-state index contributed by atoms with van der Waals surface area (Å²) in [4.78, 5) is 20.2. The smallest absolute Gasteiger partial charge is 0.0894 e. The molecule has 0 saturated heterocycles. The highest BCUT2D eigenvalue weighted by Gasteiger charge is 2.53. The molecular weight excluding hydrogens is 464 g/mol. The molecule has 4 heterocycles. The first-order valence-electron chi connectivity index (χ1n) is 14.2. The van der Waals surface area contributed by atoms with Crippen molar-refractivity contribution in [2.24, 2.45) is 22.7 Å². The molecule has 0 aliphatic heterocycles. The van der Waals surface area contributed by atoms with E-state index in [4.69, 9.17) is 19.9 Å². The van der Waals surface area contributed by atoms with E-state index in [9.17, 15) is 0 Å². The molecule has 2 saturated carbocycles. The molecule has 2 fully saturated rings. The molecule has 0 unspecified atom stereocenters. The summed E-state index contributed by atoms with van der Waals surface area (Å²) in [6.07, 6.45) is 4.80. The molecule has 0 amide bonds. The van der Waals surface area contributed by atoms with Crippen molar-refractivity contribution in [1.29, 1.82) is 0 Å². The predicted octanol–water partition coefficient (Wildman–Crippen LogP) is 7.64. The predicted molar refractivity (Wildman–Crippen MR) is 151 cm³/mol. The fraction of sp³-hybridized carbons (Fsp3) is 0.412. The zero-order valence-electron chi connectivity index (χ0n) is 22.7. The number of pyridine rings is 4. The minimum atomic E-state index is 0.412. The molecular formula is C34H34N4. The summed E-state index contributed by atoms with van der Waals surface area (Å²) in [5, 5.41) is 0. The summed E-state index contributed by atoms with van der Waals surface area (Å²) in [5.74, 6) is 2.81. The molecule has 4 atom stereocenters. The van der Waals surface area contributed by atoms with Crippen molar-refractivity contribution in [2.45, 2.75) is 65.2 Å². The van der Waals surface area contributed by atoms with Crippen LogP contribution >= 0.6 is 0 Å². The second-order valence-electron chi connectivity index (χ2n) is 13.3. The minimum absolute atomic E-state index is 0.412. The standard InChI is InChI=1S/C34H34N4/c1-33(2)19-15-23(33)21-11-13-29(37-31(21)17-19)27-9-5-7-25(35-27)26-8-6-10-28(36-26)30-14-12-22-24-16-20(34(24,3)4)18-32(22)38-30/h5-14,19-20,23-24H,15-18H2,1-4H3/t19-,20-,23+,24+/m1/s1. The Hall–Kier alpha value is -3.40. The van der Waals surface area contributed by atoms with E-state index in [0.29, 0.717) is 22.7 Å². The Morgan fingerprint density at radius 1 is 0.500 bits per heavy atom. The average molecular weight is 499 g/mol. The monoisotopic (exact) mass is 498 g/mol. The van der Waals surface area contributed by atoms with Gasteiger partial charge in [0.05, 0.1) is 34.2 Å². The largest absolute Gasteiger partial charge is 0.251 e. The molecule has 190 valence electrons. The van der Waals surface area contributed by atoms with Crippen LogP contribution in [0.15, 0.2) is 60.7 Å². The van der Waals surface area contributed by atoms with Crippen LogP contribution in [0.1, 0.15) is 74.9 Å². The summed E-state index contributed by atoms with van der Waals surface area (Å²) >= 11 is 0. The highest BCUT2D eigenvalue weighted by molar-refractivity contribution is 5.65. The van der Waals surface area contributed by atoms with Gasteiger partial charge in [0.25, 0.3) is 0 Å². The summed E-state index contributed by atoms with van der Waals surface area (Å²) in [6.45, 7) is 9.66. The lowest BCUT2D eigenvalue weighted by molar-refractivity contribution is 0.0170. The molecule has 4 aromatic heterocycles. The fourth-order valence-electron chi connectivity index (χ4n) is 7.96. The second-order valence-corrected chi connectivity index (χ2v) is 13.3. The van der Waals surface area contributed by atoms with Gasteiger partial charge in [0.1, 0.15) is 0 Å². The molecule has 0 aromatic carbocycles. The molecule has 4 aromatic rings. The van der Waals surface area contributed by atoms with Crippen molar-refractivity contribution in [3.8, 4) is 34.2 Å². The van der Waals surface area contributed by atoms with Crippen molar-refractivity contribution in [3.63, 3.8) is 0 Å². The minimum Gasteiger partial charge on any atom is -0.251 e. The van der Waals surface area contributed by atoms with Gasteiger partial charge in [-0.25, -0.2) is 9.97 Å². The van der Waals surface area contributed by atoms with Gasteiger partial charge in [0, 0.05) is 11.4 Å². The Morgan fingerprint density at radius 2 is 0.868 bits per heavy atom. The van der Waals surface area contributed by atoms with Crippen LogP contribution in [0.2, 0.25) is 0 Å². The van der Waals surface area contributed by atoms with Crippen molar-refractivity contribution in [1.82, 2.24) is 19.9 Å². The van der Waals surface area contributed by atoms with E-state index in [1.807, 2.05) is 12.1 Å². The highest BCUT2D eigenvalue weighted by atomic mass is 14.9. The lowest BCUT2D eigenvalue weighted by Gasteiger charge is -2.56. The Kier molecular flexibility index (Phi) is 4.51. The van der Waals surface area contributed by atoms with Gasteiger partial charge in [-0.1, -0.05) is 52.0 Å². The van der Waals surface area contributed by atoms with Crippen LogP contribution in [0.4, 0.5) is 0 Å². The van der Waals surface area contributed by atoms with E-state index < -0.39 is 0 Å². The molecule has 6 aliphatic carbocycles. The van der Waals surface area contributed by atoms with Gasteiger partial charge in [-0.15, -0.1) is 0 Å². The summed E-state index contributed by atoms with van der Waals surface area (Å²) in [6, 6.07) is 21.3. The van der Waals surface area contributed by atoms with E-state index in [1.54, 1.807) is 0 Å². The second kappa shape index (κ2) is 7.59. The average Bonchev–Trinajstić information content (AvgIpc) is 2.95. The quantitative estimate of drug-likeness (QED) is 0.291. The van der Waals surface area contributed by atoms with Gasteiger partial charge >= 0.3 is 0 Å². The number of rotatable bonds is 3. The van der Waals surface area contributed by atoms with Gasteiger partial charge in [-0.05, 0) is 108 Å². The van der Waals surface area contributed by atoms with Crippen molar-refractivity contribution < 1.29 is 0 Å². The normalized spacial score (nSPS) is 26.9. The summed E-state index contributed by atoms with van der Waals surface area (Å²) in [5.41, 5.74) is 11.7. The molecule has 0 radical (unpaired) electrons. The molecule has 6 aliphatic rings. The number of aromatic nitrogens is 4. The van der Waals surface area contributed by atoms with E-state index in [-0.39, 0.29) is 0 Å². The SMILES string of the molecule is CC1(C)[C@H]2Cc3nc(-c4cccc(-c5cccc(-c6ccc7c(n6)C[C@H]6C[C@@H]7C6(C)C)n5)n4)ccc3[C@@H]1C2. The van der Waals surface area contributed by atoms with E-state index >= 15 is 0 Å². The number of hydrogen-bond donors (Lipinski definition) is 0. The van der Waals surface area contributed by atoms with E-state index in [0.717, 1.165) is 58.8 Å². The molecule has 4 heteroatoms. The van der Waals surface area contributed by atoms with Crippen molar-refractivity contribution >= 4 is 0 Å². The van der Waals surface area contributed by atoms with Crippen LogP contribution in [0.25, 0.3) is 34.2 Å². The lowest BCUT2D eigenvalue weighted by Crippen LogP contribution is -2.48. The first-order valence-corrected chi connectivity index (χ1v) is 14.2. The fourth-order valence-corrected chi connectivity index (χ4v) is 7.96. The van der Waals surface area contributed by atoms with Gasteiger partial charge in [-0.2, -0.15) is 0 Å². The van der Waals surface area contributed by atoms with Gasteiger partial charge in [-0.3, -0.25) is 9.97 Å². The zero-order chi connectivity index (χ0) is 25.8. The number of hydrogen-bond acceptors (Lipinski definition) is 4. The third-order valence-corrected chi connectivity index (χ3v) is 10.9. The van der Waals surface area contributed by atoms with E-state index in [2.05, 4.69) is 76.2 Å². The first-order chi connectivity index (χ1) is 18.3. The molecule has 38 heavy (non-hydrogen) atoms. The van der Waals surface area contributed by atoms with Crippen molar-refractivity contribution in [3.05, 3.63) is 83.2 Å². The van der Waals surface area contributed by atoms with Gasteiger partial charge in [0.15, 0.2) is 0 Å². The summed E-state index contributed by atoms with van der Waals surface area (Å²) in [7, 11) is 0. The van der Waals surface area contributed by atoms with Gasteiger partial charge < -0.3 is 0 Å². The van der Waals surface area contributed by atoms with Crippen LogP contribution in [0, 0.1) is 22.7 Å². The maximum absolute atomic E-state index is 5.10. The Bertz CT molecular complexity index is 1500. The maximum atomic E-state index is 5.10. The topological polar surface area (TPSA) is 51.6 Å².